The molecule has 3 rings (SSSR count). The van der Waals surface area contributed by atoms with Gasteiger partial charge in [0.2, 0.25) is 0 Å². The smallest absolute Gasteiger partial charge is 0.159 e. The molecule has 0 unspecified atom stereocenters. The van der Waals surface area contributed by atoms with Crippen molar-refractivity contribution >= 4 is 23.1 Å². The largest absolute Gasteiger partial charge is 0.354 e. The molecule has 6 heteroatoms. The minimum atomic E-state index is 0.0668. The molecule has 0 bridgehead atoms. The van der Waals surface area contributed by atoms with Crippen LogP contribution in [0.1, 0.15) is 24.2 Å². The van der Waals surface area contributed by atoms with Crippen LogP contribution in [0.15, 0.2) is 36.7 Å². The first-order chi connectivity index (χ1) is 11.7. The topological polar surface area (TPSA) is 61.4 Å². The van der Waals surface area contributed by atoms with E-state index in [9.17, 15) is 4.79 Å². The highest BCUT2D eigenvalue weighted by Gasteiger charge is 2.17. The van der Waals surface area contributed by atoms with Crippen molar-refractivity contribution < 1.29 is 4.79 Å². The molecule has 6 nitrogen and oxygen atoms in total. The van der Waals surface area contributed by atoms with Gasteiger partial charge in [-0.2, -0.15) is 0 Å². The van der Waals surface area contributed by atoms with Crippen LogP contribution in [-0.4, -0.2) is 53.4 Å². The molecule has 0 amide bonds. The van der Waals surface area contributed by atoms with Crippen molar-refractivity contribution in [3.8, 4) is 0 Å². The van der Waals surface area contributed by atoms with E-state index in [1.807, 2.05) is 30.3 Å². The van der Waals surface area contributed by atoms with Crippen LogP contribution >= 0.6 is 0 Å². The van der Waals surface area contributed by atoms with Crippen LogP contribution in [0.2, 0.25) is 0 Å². The number of piperazine rings is 1. The monoisotopic (exact) mass is 325 g/mol. The predicted octanol–water partition coefficient (Wildman–Crippen LogP) is 2.56. The highest BCUT2D eigenvalue weighted by Crippen LogP contribution is 2.20. The highest BCUT2D eigenvalue weighted by atomic mass is 16.1. The van der Waals surface area contributed by atoms with Gasteiger partial charge in [0.1, 0.15) is 18.0 Å². The number of benzene rings is 1. The van der Waals surface area contributed by atoms with Crippen molar-refractivity contribution in [3.63, 3.8) is 0 Å². The van der Waals surface area contributed by atoms with Gasteiger partial charge in [-0.25, -0.2) is 9.97 Å². The van der Waals surface area contributed by atoms with E-state index in [4.69, 9.17) is 0 Å². The number of nitrogens with one attached hydrogen (secondary N) is 1. The molecule has 1 saturated heterocycles. The number of rotatable bonds is 5. The maximum atomic E-state index is 11.3. The molecular formula is C18H23N5O. The van der Waals surface area contributed by atoms with Gasteiger partial charge >= 0.3 is 0 Å². The van der Waals surface area contributed by atoms with E-state index < -0.39 is 0 Å². The van der Waals surface area contributed by atoms with Gasteiger partial charge in [0.15, 0.2) is 5.78 Å². The average Bonchev–Trinajstić information content (AvgIpc) is 2.62. The van der Waals surface area contributed by atoms with E-state index in [0.717, 1.165) is 50.0 Å². The normalized spacial score (nSPS) is 15.3. The summed E-state index contributed by atoms with van der Waals surface area (Å²) in [5.41, 5.74) is 1.61. The summed E-state index contributed by atoms with van der Waals surface area (Å²) < 4.78 is 0. The van der Waals surface area contributed by atoms with Gasteiger partial charge in [0, 0.05) is 43.5 Å². The third-order valence-corrected chi connectivity index (χ3v) is 4.36. The molecule has 1 aromatic heterocycles. The second-order valence-corrected chi connectivity index (χ2v) is 5.94. The zero-order chi connectivity index (χ0) is 16.9. The fourth-order valence-corrected chi connectivity index (χ4v) is 2.82. The number of hydrogen-bond donors (Lipinski definition) is 1. The molecule has 1 N–H and O–H groups in total. The van der Waals surface area contributed by atoms with Crippen LogP contribution in [0.4, 0.5) is 17.3 Å². The van der Waals surface area contributed by atoms with Crippen molar-refractivity contribution in [1.29, 1.82) is 0 Å². The molecule has 1 aliphatic rings. The summed E-state index contributed by atoms with van der Waals surface area (Å²) in [6.07, 6.45) is 1.59. The minimum absolute atomic E-state index is 0.0668. The Labute approximate surface area is 142 Å². The Morgan fingerprint density at radius 1 is 1.12 bits per heavy atom. The van der Waals surface area contributed by atoms with Crippen molar-refractivity contribution in [2.45, 2.75) is 13.8 Å². The van der Waals surface area contributed by atoms with E-state index in [1.165, 1.54) is 0 Å². The lowest BCUT2D eigenvalue weighted by Gasteiger charge is -2.34. The Balaban J connectivity index is 1.68. The second-order valence-electron chi connectivity index (χ2n) is 5.94. The maximum Gasteiger partial charge on any atom is 0.159 e. The Kier molecular flexibility index (Phi) is 5.05. The van der Waals surface area contributed by atoms with Gasteiger partial charge in [0.05, 0.1) is 0 Å². The summed E-state index contributed by atoms with van der Waals surface area (Å²) in [5, 5.41) is 3.27. The number of Topliss-reactive ketones (excluding diaryl/α,β-unsaturated/α-hetero) is 1. The molecule has 0 spiro atoms. The third-order valence-electron chi connectivity index (χ3n) is 4.36. The summed E-state index contributed by atoms with van der Waals surface area (Å²) in [7, 11) is 0. The number of anilines is 3. The van der Waals surface area contributed by atoms with Crippen molar-refractivity contribution in [2.24, 2.45) is 0 Å². The van der Waals surface area contributed by atoms with Crippen LogP contribution in [-0.2, 0) is 0 Å². The molecule has 126 valence electrons. The van der Waals surface area contributed by atoms with Crippen molar-refractivity contribution in [2.75, 3.05) is 42.9 Å². The lowest BCUT2D eigenvalue weighted by Crippen LogP contribution is -2.46. The highest BCUT2D eigenvalue weighted by molar-refractivity contribution is 5.94. The number of likely N-dealkylation sites (N-methyl/N-ethyl adjacent to an activating group) is 1. The SMILES string of the molecule is CCN1CCN(c2cc(Nc3ccc(C(C)=O)cc3)ncn2)CC1. The van der Waals surface area contributed by atoms with Crippen LogP contribution in [0.3, 0.4) is 0 Å². The fraction of sp³-hybridized carbons (Fsp3) is 0.389. The Morgan fingerprint density at radius 3 is 2.46 bits per heavy atom. The average molecular weight is 325 g/mol. The van der Waals surface area contributed by atoms with Crippen molar-refractivity contribution in [1.82, 2.24) is 14.9 Å². The summed E-state index contributed by atoms with van der Waals surface area (Å²) in [5.74, 6) is 1.77. The number of carbonyl (C=O) groups excluding carboxylic acids is 1. The van der Waals surface area contributed by atoms with E-state index >= 15 is 0 Å². The summed E-state index contributed by atoms with van der Waals surface area (Å²) in [6.45, 7) is 8.96. The van der Waals surface area contributed by atoms with Crippen LogP contribution < -0.4 is 10.2 Å². The van der Waals surface area contributed by atoms with Gasteiger partial charge in [0.25, 0.3) is 0 Å². The third kappa shape index (κ3) is 3.89. The molecule has 0 atom stereocenters. The minimum Gasteiger partial charge on any atom is -0.354 e. The molecule has 1 fully saturated rings. The second kappa shape index (κ2) is 7.40. The van der Waals surface area contributed by atoms with E-state index in [2.05, 4.69) is 32.0 Å². The zero-order valence-corrected chi connectivity index (χ0v) is 14.2. The fourth-order valence-electron chi connectivity index (χ4n) is 2.82. The van der Waals surface area contributed by atoms with Gasteiger partial charge in [-0.15, -0.1) is 0 Å². The van der Waals surface area contributed by atoms with Gasteiger partial charge in [-0.05, 0) is 37.7 Å². The first-order valence-electron chi connectivity index (χ1n) is 8.33. The molecular weight excluding hydrogens is 302 g/mol. The molecule has 1 aliphatic heterocycles. The lowest BCUT2D eigenvalue weighted by atomic mass is 10.1. The first-order valence-corrected chi connectivity index (χ1v) is 8.33. The quantitative estimate of drug-likeness (QED) is 0.853. The Bertz CT molecular complexity index is 693. The molecule has 0 aliphatic carbocycles. The summed E-state index contributed by atoms with van der Waals surface area (Å²) in [4.78, 5) is 24.8. The van der Waals surface area contributed by atoms with Crippen LogP contribution in [0.25, 0.3) is 0 Å². The lowest BCUT2D eigenvalue weighted by molar-refractivity contribution is 0.101. The van der Waals surface area contributed by atoms with E-state index in [0.29, 0.717) is 5.56 Å². The van der Waals surface area contributed by atoms with Gasteiger partial charge < -0.3 is 15.1 Å². The Morgan fingerprint density at radius 2 is 1.83 bits per heavy atom. The van der Waals surface area contributed by atoms with Gasteiger partial charge in [-0.3, -0.25) is 4.79 Å². The van der Waals surface area contributed by atoms with Crippen molar-refractivity contribution in [3.05, 3.63) is 42.2 Å². The molecule has 24 heavy (non-hydrogen) atoms. The number of carbonyl (C=O) groups is 1. The number of ketones is 1. The predicted molar refractivity (Wildman–Crippen MR) is 96.1 cm³/mol. The van der Waals surface area contributed by atoms with E-state index in [-0.39, 0.29) is 5.78 Å². The molecule has 0 saturated carbocycles. The van der Waals surface area contributed by atoms with E-state index in [1.54, 1.807) is 13.3 Å². The number of hydrogen-bond acceptors (Lipinski definition) is 6. The van der Waals surface area contributed by atoms with Crippen LogP contribution in [0.5, 0.6) is 0 Å². The molecule has 0 radical (unpaired) electrons. The molecule has 2 heterocycles. The zero-order valence-electron chi connectivity index (χ0n) is 14.2. The van der Waals surface area contributed by atoms with Crippen LogP contribution in [0, 0.1) is 0 Å². The molecule has 2 aromatic rings. The number of aromatic nitrogens is 2. The number of nitrogens with zero attached hydrogens (tertiary/aromatic N) is 4. The first kappa shape index (κ1) is 16.4. The Hall–Kier alpha value is -2.47. The summed E-state index contributed by atoms with van der Waals surface area (Å²) >= 11 is 0. The van der Waals surface area contributed by atoms with Gasteiger partial charge in [-0.1, -0.05) is 6.92 Å². The maximum absolute atomic E-state index is 11.3. The summed E-state index contributed by atoms with van der Waals surface area (Å²) in [6, 6.07) is 9.38. The standard InChI is InChI=1S/C18H23N5O/c1-3-22-8-10-23(11-9-22)18-12-17(19-13-20-18)21-16-6-4-15(5-7-16)14(2)24/h4-7,12-13H,3,8-11H2,1-2H3,(H,19,20,21). The molecule has 1 aromatic carbocycles.